The summed E-state index contributed by atoms with van der Waals surface area (Å²) < 4.78 is 23.7. The van der Waals surface area contributed by atoms with Gasteiger partial charge in [0, 0.05) is 11.1 Å². The van der Waals surface area contributed by atoms with E-state index in [1.54, 1.807) is 6.92 Å². The van der Waals surface area contributed by atoms with Crippen molar-refractivity contribution < 1.29 is 18.0 Å². The van der Waals surface area contributed by atoms with Crippen LogP contribution in [0.2, 0.25) is 0 Å². The predicted molar refractivity (Wildman–Crippen MR) is 68.9 cm³/mol. The topological polar surface area (TPSA) is 68.3 Å². The van der Waals surface area contributed by atoms with Crippen LogP contribution in [0.4, 0.5) is 0 Å². The van der Waals surface area contributed by atoms with E-state index in [0.717, 1.165) is 0 Å². The Morgan fingerprint density at radius 3 is 1.67 bits per heavy atom. The van der Waals surface area contributed by atoms with Crippen molar-refractivity contribution in [1.29, 1.82) is 0 Å². The fourth-order valence-corrected chi connectivity index (χ4v) is 3.07. The first-order valence-electron chi connectivity index (χ1n) is 5.45. The molecule has 0 bridgehead atoms. The summed E-state index contributed by atoms with van der Waals surface area (Å²) in [7, 11) is -3.74. The summed E-state index contributed by atoms with van der Waals surface area (Å²) in [6, 6.07) is 2.94. The zero-order valence-corrected chi connectivity index (χ0v) is 11.7. The van der Waals surface area contributed by atoms with Crippen molar-refractivity contribution in [3.05, 3.63) is 28.8 Å². The molecule has 0 spiro atoms. The maximum absolute atomic E-state index is 12.4. The van der Waals surface area contributed by atoms with Gasteiger partial charge >= 0.3 is 0 Å². The van der Waals surface area contributed by atoms with Crippen LogP contribution in [0.25, 0.3) is 0 Å². The summed E-state index contributed by atoms with van der Waals surface area (Å²) in [4.78, 5) is 21.9. The fourth-order valence-electron chi connectivity index (χ4n) is 1.62. The smallest absolute Gasteiger partial charge is 0.184 e. The highest BCUT2D eigenvalue weighted by molar-refractivity contribution is 7.93. The molecule has 0 heterocycles. The van der Waals surface area contributed by atoms with Gasteiger partial charge in [0.2, 0.25) is 0 Å². The number of aryl methyl sites for hydroxylation is 1. The molecule has 0 saturated carbocycles. The van der Waals surface area contributed by atoms with E-state index in [4.69, 9.17) is 0 Å². The Balaban J connectivity index is 3.79. The molecule has 0 N–H and O–H groups in total. The van der Waals surface area contributed by atoms with Crippen LogP contribution in [0.3, 0.4) is 0 Å². The second kappa shape index (κ2) is 4.65. The lowest BCUT2D eigenvalue weighted by molar-refractivity contribution is 0.111. The minimum atomic E-state index is -3.74. The molecule has 98 valence electrons. The quantitative estimate of drug-likeness (QED) is 0.788. The lowest BCUT2D eigenvalue weighted by Crippen LogP contribution is -2.29. The minimum Gasteiger partial charge on any atom is -0.298 e. The Bertz CT molecular complexity index is 563. The second-order valence-electron chi connectivity index (χ2n) is 5.12. The van der Waals surface area contributed by atoms with E-state index < -0.39 is 14.6 Å². The highest BCUT2D eigenvalue weighted by Gasteiger charge is 2.34. The molecule has 0 fully saturated rings. The minimum absolute atomic E-state index is 0.0343. The normalized spacial score (nSPS) is 12.2. The van der Waals surface area contributed by atoms with E-state index in [2.05, 4.69) is 0 Å². The van der Waals surface area contributed by atoms with Crippen LogP contribution >= 0.6 is 0 Å². The van der Waals surface area contributed by atoms with Crippen molar-refractivity contribution in [2.45, 2.75) is 37.3 Å². The fraction of sp³-hybridized carbons (Fsp3) is 0.385. The molecule has 0 unspecified atom stereocenters. The van der Waals surface area contributed by atoms with E-state index in [-0.39, 0.29) is 16.0 Å². The van der Waals surface area contributed by atoms with Gasteiger partial charge in [-0.2, -0.15) is 0 Å². The average Bonchev–Trinajstić information content (AvgIpc) is 2.25. The molecule has 0 aliphatic rings. The summed E-state index contributed by atoms with van der Waals surface area (Å²) >= 11 is 0. The summed E-state index contributed by atoms with van der Waals surface area (Å²) in [5, 5.41) is 0. The Morgan fingerprint density at radius 2 is 1.39 bits per heavy atom. The molecule has 5 heteroatoms. The summed E-state index contributed by atoms with van der Waals surface area (Å²) in [5.41, 5.74) is 0.742. The number of benzene rings is 1. The molecule has 1 aromatic carbocycles. The number of hydrogen-bond acceptors (Lipinski definition) is 4. The van der Waals surface area contributed by atoms with Gasteiger partial charge < -0.3 is 0 Å². The zero-order chi connectivity index (χ0) is 14.1. The van der Waals surface area contributed by atoms with Crippen molar-refractivity contribution >= 4 is 22.4 Å². The lowest BCUT2D eigenvalue weighted by Gasteiger charge is -2.21. The Labute approximate surface area is 107 Å². The predicted octanol–water partition coefficient (Wildman–Crippen LogP) is 2.19. The Morgan fingerprint density at radius 1 is 1.00 bits per heavy atom. The average molecular weight is 268 g/mol. The summed E-state index contributed by atoms with van der Waals surface area (Å²) in [6.07, 6.45) is 0.942. The molecule has 0 radical (unpaired) electrons. The molecular weight excluding hydrogens is 252 g/mol. The lowest BCUT2D eigenvalue weighted by atomic mass is 10.1. The summed E-state index contributed by atoms with van der Waals surface area (Å²) in [5.74, 6) is 0. The van der Waals surface area contributed by atoms with E-state index in [0.29, 0.717) is 18.1 Å². The van der Waals surface area contributed by atoms with Crippen LogP contribution in [-0.4, -0.2) is 25.7 Å². The van der Waals surface area contributed by atoms with Gasteiger partial charge in [0.25, 0.3) is 0 Å². The van der Waals surface area contributed by atoms with Crippen LogP contribution < -0.4 is 0 Å². The number of rotatable bonds is 3. The van der Waals surface area contributed by atoms with Crippen molar-refractivity contribution in [2.75, 3.05) is 0 Å². The Kier molecular flexibility index (Phi) is 3.76. The van der Waals surface area contributed by atoms with Crippen LogP contribution in [0.15, 0.2) is 17.0 Å². The van der Waals surface area contributed by atoms with Crippen LogP contribution in [-0.2, 0) is 9.84 Å². The van der Waals surface area contributed by atoms with Crippen molar-refractivity contribution in [3.8, 4) is 0 Å². The maximum atomic E-state index is 12.4. The third-order valence-electron chi connectivity index (χ3n) is 2.62. The maximum Gasteiger partial charge on any atom is 0.184 e. The van der Waals surface area contributed by atoms with Crippen LogP contribution in [0.5, 0.6) is 0 Å². The molecule has 1 rings (SSSR count). The van der Waals surface area contributed by atoms with Gasteiger partial charge in [-0.1, -0.05) is 0 Å². The number of carbonyl (C=O) groups is 2. The number of aldehydes is 2. The van der Waals surface area contributed by atoms with Crippen molar-refractivity contribution in [3.63, 3.8) is 0 Å². The van der Waals surface area contributed by atoms with Crippen molar-refractivity contribution in [2.24, 2.45) is 0 Å². The monoisotopic (exact) mass is 268 g/mol. The van der Waals surface area contributed by atoms with E-state index in [9.17, 15) is 18.0 Å². The van der Waals surface area contributed by atoms with Crippen LogP contribution in [0, 0.1) is 6.92 Å². The van der Waals surface area contributed by atoms with Gasteiger partial charge in [-0.25, -0.2) is 8.42 Å². The molecule has 4 nitrogen and oxygen atoms in total. The second-order valence-corrected chi connectivity index (χ2v) is 7.76. The third-order valence-corrected chi connectivity index (χ3v) is 5.24. The highest BCUT2D eigenvalue weighted by Crippen LogP contribution is 2.30. The number of sulfone groups is 1. The molecule has 0 saturated heterocycles. The SMILES string of the molecule is Cc1cc(C=O)c(S(=O)(=O)C(C)(C)C)c(C=O)c1. The first-order chi connectivity index (χ1) is 8.15. The van der Waals surface area contributed by atoms with Gasteiger partial charge in [-0.3, -0.25) is 9.59 Å². The number of hydrogen-bond donors (Lipinski definition) is 0. The molecule has 1 aromatic rings. The molecule has 0 amide bonds. The molecule has 0 atom stereocenters. The molecule has 0 aromatic heterocycles. The van der Waals surface area contributed by atoms with E-state index in [1.807, 2.05) is 0 Å². The summed E-state index contributed by atoms with van der Waals surface area (Å²) in [6.45, 7) is 6.30. The molecule has 0 aliphatic heterocycles. The standard InChI is InChI=1S/C13H16O4S/c1-9-5-10(7-14)12(11(6-9)8-15)18(16,17)13(2,3)4/h5-8H,1-4H3. The molecule has 18 heavy (non-hydrogen) atoms. The van der Waals surface area contributed by atoms with Gasteiger partial charge in [0.15, 0.2) is 22.4 Å². The Hall–Kier alpha value is -1.49. The van der Waals surface area contributed by atoms with Gasteiger partial charge in [-0.05, 0) is 45.4 Å². The van der Waals surface area contributed by atoms with Crippen molar-refractivity contribution in [1.82, 2.24) is 0 Å². The van der Waals surface area contributed by atoms with Gasteiger partial charge in [0.05, 0.1) is 9.64 Å². The zero-order valence-electron chi connectivity index (χ0n) is 10.9. The molecule has 0 aliphatic carbocycles. The van der Waals surface area contributed by atoms with Crippen LogP contribution in [0.1, 0.15) is 47.1 Å². The highest BCUT2D eigenvalue weighted by atomic mass is 32.2. The first-order valence-corrected chi connectivity index (χ1v) is 6.93. The van der Waals surface area contributed by atoms with E-state index >= 15 is 0 Å². The molecular formula is C13H16O4S. The van der Waals surface area contributed by atoms with Gasteiger partial charge in [0.1, 0.15) is 0 Å². The van der Waals surface area contributed by atoms with Gasteiger partial charge in [-0.15, -0.1) is 0 Å². The third kappa shape index (κ3) is 2.36. The van der Waals surface area contributed by atoms with E-state index in [1.165, 1.54) is 32.9 Å². The largest absolute Gasteiger partial charge is 0.298 e. The first kappa shape index (κ1) is 14.6. The number of carbonyl (C=O) groups excluding carboxylic acids is 2.